The largest absolute Gasteiger partial charge is 0.507 e. The van der Waals surface area contributed by atoms with Crippen LogP contribution in [0.5, 0.6) is 5.75 Å². The predicted molar refractivity (Wildman–Crippen MR) is 133 cm³/mol. The van der Waals surface area contributed by atoms with E-state index in [1.165, 1.54) is 0 Å². The van der Waals surface area contributed by atoms with Gasteiger partial charge in [0.15, 0.2) is 0 Å². The molecule has 34 heavy (non-hydrogen) atoms. The number of hydrogen-bond acceptors (Lipinski definition) is 3. The molecule has 0 radical (unpaired) electrons. The summed E-state index contributed by atoms with van der Waals surface area (Å²) in [6, 6.07) is 11.4. The zero-order chi connectivity index (χ0) is 23.7. The van der Waals surface area contributed by atoms with E-state index in [4.69, 9.17) is 0 Å². The van der Waals surface area contributed by atoms with E-state index in [2.05, 4.69) is 30.6 Å². The number of nitrogens with one attached hydrogen (secondary N) is 2. The van der Waals surface area contributed by atoms with Crippen LogP contribution in [-0.4, -0.2) is 23.0 Å². The minimum atomic E-state index is -0.00172. The lowest BCUT2D eigenvalue weighted by atomic mass is 9.48. The van der Waals surface area contributed by atoms with E-state index < -0.39 is 0 Å². The van der Waals surface area contributed by atoms with Gasteiger partial charge in [0.25, 0.3) is 0 Å². The second kappa shape index (κ2) is 7.59. The Kier molecular flexibility index (Phi) is 4.84. The monoisotopic (exact) mass is 458 g/mol. The third-order valence-electron chi connectivity index (χ3n) is 10.2. The maximum Gasteiger partial charge on any atom is 0.243 e. The minimum Gasteiger partial charge on any atom is -0.507 e. The molecular formula is C29H34N2O3. The van der Waals surface area contributed by atoms with Gasteiger partial charge in [-0.3, -0.25) is 9.59 Å². The Balaban J connectivity index is 1.26. The number of hydrogen-bond donors (Lipinski definition) is 3. The molecule has 2 aromatic rings. The molecule has 0 bridgehead atoms. The van der Waals surface area contributed by atoms with Crippen LogP contribution in [0.1, 0.15) is 52.4 Å². The molecule has 7 atom stereocenters. The van der Waals surface area contributed by atoms with Gasteiger partial charge in [0.05, 0.1) is 0 Å². The Bertz CT molecular complexity index is 1210. The van der Waals surface area contributed by atoms with E-state index in [-0.39, 0.29) is 40.4 Å². The highest BCUT2D eigenvalue weighted by Gasteiger charge is 2.60. The molecule has 0 aromatic heterocycles. The normalized spacial score (nSPS) is 38.5. The number of carbonyl (C=O) groups excluding carboxylic acids is 2. The van der Waals surface area contributed by atoms with E-state index in [1.807, 2.05) is 30.3 Å². The average molecular weight is 459 g/mol. The Hall–Kier alpha value is -2.82. The smallest absolute Gasteiger partial charge is 0.243 e. The van der Waals surface area contributed by atoms with Crippen LogP contribution in [0.2, 0.25) is 0 Å². The molecule has 0 spiro atoms. The number of anilines is 1. The highest BCUT2D eigenvalue weighted by Crippen LogP contribution is 2.65. The van der Waals surface area contributed by atoms with Gasteiger partial charge in [-0.05, 0) is 79.9 Å². The van der Waals surface area contributed by atoms with Crippen LogP contribution >= 0.6 is 0 Å². The SMILES string of the molecule is C[C@]12C=CC(=O)N[C@@H]1CC[C@@H]1[C@@H]2CC[C@]2(C)[C@@H](C(=O)Nc3cccc4c(O)cccc34)CC[C@@H]12. The van der Waals surface area contributed by atoms with Gasteiger partial charge in [-0.2, -0.15) is 0 Å². The molecule has 3 fully saturated rings. The minimum absolute atomic E-state index is 0.00172. The Morgan fingerprint density at radius 3 is 2.65 bits per heavy atom. The molecule has 5 heteroatoms. The molecule has 0 saturated heterocycles. The molecule has 2 amide bonds. The standard InChI is InChI=1S/C29H34N2O3/c1-28-15-13-21-19(9-12-25-29(21,2)16-14-26(33)31-25)20(28)10-11-22(28)27(34)30-23-7-3-6-18-17(23)5-4-8-24(18)32/h3-8,14,16,19-22,25,32H,9-13,15H2,1-2H3,(H,30,34)(H,31,33)/t19-,20-,21-,22+,25+,28-,29+/m0/s1. The molecule has 178 valence electrons. The first kappa shape index (κ1) is 21.7. The molecule has 1 aliphatic heterocycles. The third-order valence-corrected chi connectivity index (χ3v) is 10.2. The zero-order valence-electron chi connectivity index (χ0n) is 20.0. The first-order valence-electron chi connectivity index (χ1n) is 12.8. The lowest BCUT2D eigenvalue weighted by Gasteiger charge is -2.58. The van der Waals surface area contributed by atoms with Crippen molar-refractivity contribution in [3.05, 3.63) is 48.6 Å². The molecule has 3 saturated carbocycles. The van der Waals surface area contributed by atoms with Crippen molar-refractivity contribution in [2.75, 3.05) is 5.32 Å². The van der Waals surface area contributed by atoms with Gasteiger partial charge in [-0.25, -0.2) is 0 Å². The van der Waals surface area contributed by atoms with E-state index in [0.717, 1.165) is 55.0 Å². The van der Waals surface area contributed by atoms with E-state index >= 15 is 0 Å². The number of amides is 2. The number of phenols is 1. The molecule has 4 aliphatic rings. The lowest BCUT2D eigenvalue weighted by Crippen LogP contribution is -2.59. The van der Waals surface area contributed by atoms with E-state index in [9.17, 15) is 14.7 Å². The maximum absolute atomic E-state index is 13.7. The summed E-state index contributed by atoms with van der Waals surface area (Å²) in [4.78, 5) is 25.6. The molecule has 5 nitrogen and oxygen atoms in total. The van der Waals surface area contributed by atoms with Gasteiger partial charge in [-0.15, -0.1) is 0 Å². The molecule has 3 aliphatic carbocycles. The van der Waals surface area contributed by atoms with Crippen LogP contribution in [0.15, 0.2) is 48.6 Å². The Morgan fingerprint density at radius 1 is 1.00 bits per heavy atom. The molecule has 2 aromatic carbocycles. The zero-order valence-corrected chi connectivity index (χ0v) is 20.0. The number of benzene rings is 2. The average Bonchev–Trinajstić information content (AvgIpc) is 3.17. The Morgan fingerprint density at radius 2 is 1.79 bits per heavy atom. The van der Waals surface area contributed by atoms with Crippen molar-refractivity contribution in [2.24, 2.45) is 34.5 Å². The first-order chi connectivity index (χ1) is 16.3. The number of aromatic hydroxyl groups is 1. The lowest BCUT2D eigenvalue weighted by molar-refractivity contribution is -0.129. The summed E-state index contributed by atoms with van der Waals surface area (Å²) in [7, 11) is 0. The van der Waals surface area contributed by atoms with Gasteiger partial charge in [-0.1, -0.05) is 44.2 Å². The highest BCUT2D eigenvalue weighted by atomic mass is 16.3. The van der Waals surface area contributed by atoms with Gasteiger partial charge in [0.2, 0.25) is 11.8 Å². The van der Waals surface area contributed by atoms with Crippen molar-refractivity contribution in [1.82, 2.24) is 5.32 Å². The quantitative estimate of drug-likeness (QED) is 0.564. The van der Waals surface area contributed by atoms with Crippen molar-refractivity contribution in [2.45, 2.75) is 58.4 Å². The Labute approximate surface area is 201 Å². The van der Waals surface area contributed by atoms with Crippen LogP contribution in [0.25, 0.3) is 10.8 Å². The summed E-state index contributed by atoms with van der Waals surface area (Å²) in [6.07, 6.45) is 10.3. The fourth-order valence-electron chi connectivity index (χ4n) is 8.39. The highest BCUT2D eigenvalue weighted by molar-refractivity contribution is 6.04. The van der Waals surface area contributed by atoms with Gasteiger partial charge in [0.1, 0.15) is 5.75 Å². The number of fused-ring (bicyclic) bond motifs is 6. The van der Waals surface area contributed by atoms with Crippen LogP contribution in [0.4, 0.5) is 5.69 Å². The summed E-state index contributed by atoms with van der Waals surface area (Å²) in [5, 5.41) is 18.3. The van der Waals surface area contributed by atoms with Gasteiger partial charge in [0, 0.05) is 33.8 Å². The summed E-state index contributed by atoms with van der Waals surface area (Å²) in [5.41, 5.74) is 0.793. The number of rotatable bonds is 2. The fraction of sp³-hybridized carbons (Fsp3) is 0.517. The van der Waals surface area contributed by atoms with Crippen molar-refractivity contribution in [3.8, 4) is 5.75 Å². The van der Waals surface area contributed by atoms with Crippen molar-refractivity contribution in [3.63, 3.8) is 0 Å². The van der Waals surface area contributed by atoms with Crippen LogP contribution in [-0.2, 0) is 9.59 Å². The number of phenolic OH excluding ortho intramolecular Hbond substituents is 1. The molecule has 1 heterocycles. The summed E-state index contributed by atoms with van der Waals surface area (Å²) < 4.78 is 0. The van der Waals surface area contributed by atoms with Crippen LogP contribution in [0, 0.1) is 34.5 Å². The van der Waals surface area contributed by atoms with Gasteiger partial charge >= 0.3 is 0 Å². The van der Waals surface area contributed by atoms with E-state index in [1.54, 1.807) is 12.1 Å². The van der Waals surface area contributed by atoms with Gasteiger partial charge < -0.3 is 15.7 Å². The second-order valence-electron chi connectivity index (χ2n) is 11.6. The summed E-state index contributed by atoms with van der Waals surface area (Å²) >= 11 is 0. The second-order valence-corrected chi connectivity index (χ2v) is 11.6. The summed E-state index contributed by atoms with van der Waals surface area (Å²) in [5.74, 6) is 2.10. The van der Waals surface area contributed by atoms with E-state index in [0.29, 0.717) is 17.8 Å². The summed E-state index contributed by atoms with van der Waals surface area (Å²) in [6.45, 7) is 4.69. The molecule has 3 N–H and O–H groups in total. The topological polar surface area (TPSA) is 78.4 Å². The van der Waals surface area contributed by atoms with Crippen molar-refractivity contribution >= 4 is 28.3 Å². The van der Waals surface area contributed by atoms with Crippen LogP contribution < -0.4 is 10.6 Å². The third kappa shape index (κ3) is 3.05. The van der Waals surface area contributed by atoms with Crippen LogP contribution in [0.3, 0.4) is 0 Å². The number of carbonyl (C=O) groups is 2. The van der Waals surface area contributed by atoms with Crippen molar-refractivity contribution in [1.29, 1.82) is 0 Å². The fourth-order valence-corrected chi connectivity index (χ4v) is 8.39. The molecule has 6 rings (SSSR count). The maximum atomic E-state index is 13.7. The molecular weight excluding hydrogens is 424 g/mol. The van der Waals surface area contributed by atoms with Crippen molar-refractivity contribution < 1.29 is 14.7 Å². The predicted octanol–water partition coefficient (Wildman–Crippen LogP) is 5.40. The molecule has 0 unspecified atom stereocenters. The first-order valence-corrected chi connectivity index (χ1v) is 12.8.